The fourth-order valence-corrected chi connectivity index (χ4v) is 5.19. The monoisotopic (exact) mass is 473 g/mol. The van der Waals surface area contributed by atoms with Crippen LogP contribution in [0.25, 0.3) is 0 Å². The highest BCUT2D eigenvalue weighted by Crippen LogP contribution is 2.47. The predicted molar refractivity (Wildman–Crippen MR) is 133 cm³/mol. The largest absolute Gasteiger partial charge is 0.465 e. The second kappa shape index (κ2) is 9.58. The summed E-state index contributed by atoms with van der Waals surface area (Å²) in [4.78, 5) is 25.8. The molecule has 1 fully saturated rings. The lowest BCUT2D eigenvalue weighted by Gasteiger charge is -2.19. The topological polar surface area (TPSA) is 79.5 Å². The molecule has 0 bridgehead atoms. The third kappa shape index (κ3) is 5.30. The third-order valence-corrected chi connectivity index (χ3v) is 7.08. The van der Waals surface area contributed by atoms with Gasteiger partial charge in [0.25, 0.3) is 0 Å². The molecule has 0 unspecified atom stereocenters. The van der Waals surface area contributed by atoms with Gasteiger partial charge in [0, 0.05) is 10.8 Å². The van der Waals surface area contributed by atoms with Crippen LogP contribution in [0.5, 0.6) is 0 Å². The van der Waals surface area contributed by atoms with Crippen molar-refractivity contribution in [3.8, 4) is 0 Å². The number of anilines is 1. The van der Waals surface area contributed by atoms with Crippen molar-refractivity contribution in [2.45, 2.75) is 58.8 Å². The molecule has 3 N–H and O–H groups in total. The maximum atomic E-state index is 12.6. The Balaban J connectivity index is 1.55. The van der Waals surface area contributed by atoms with Crippen LogP contribution in [0.15, 0.2) is 24.3 Å². The van der Waals surface area contributed by atoms with E-state index >= 15 is 0 Å². The lowest BCUT2D eigenvalue weighted by molar-refractivity contribution is -0.122. The molecule has 1 aliphatic carbocycles. The molecule has 0 saturated heterocycles. The van der Waals surface area contributed by atoms with Crippen LogP contribution in [0.1, 0.15) is 72.0 Å². The van der Waals surface area contributed by atoms with Gasteiger partial charge >= 0.3 is 5.97 Å². The van der Waals surface area contributed by atoms with Crippen LogP contribution >= 0.6 is 23.6 Å². The van der Waals surface area contributed by atoms with Crippen molar-refractivity contribution in [3.63, 3.8) is 0 Å². The second-order valence-corrected chi connectivity index (χ2v) is 10.7. The van der Waals surface area contributed by atoms with Gasteiger partial charge in [-0.05, 0) is 60.0 Å². The number of hydrazine groups is 1. The van der Waals surface area contributed by atoms with Gasteiger partial charge in [0.15, 0.2) is 5.11 Å². The van der Waals surface area contributed by atoms with E-state index in [0.717, 1.165) is 16.9 Å². The first kappa shape index (κ1) is 24.2. The highest BCUT2D eigenvalue weighted by atomic mass is 32.1. The summed E-state index contributed by atoms with van der Waals surface area (Å²) < 4.78 is 4.93. The minimum atomic E-state index is -0.404. The Labute approximate surface area is 199 Å². The molecule has 1 aromatic carbocycles. The van der Waals surface area contributed by atoms with Gasteiger partial charge in [-0.2, -0.15) is 0 Å². The minimum absolute atomic E-state index is 0.0768. The number of amides is 1. The first-order valence-corrected chi connectivity index (χ1v) is 12.0. The Hall–Kier alpha value is -2.45. The fourth-order valence-electron chi connectivity index (χ4n) is 3.84. The molecular formula is C24H31N3O3S2. The van der Waals surface area contributed by atoms with Crippen molar-refractivity contribution in [2.75, 3.05) is 12.4 Å². The number of aryl methyl sites for hydroxylation is 1. The lowest BCUT2D eigenvalue weighted by Crippen LogP contribution is -2.44. The molecule has 32 heavy (non-hydrogen) atoms. The van der Waals surface area contributed by atoms with E-state index in [1.54, 1.807) is 0 Å². The highest BCUT2D eigenvalue weighted by Gasteiger charge is 2.44. The predicted octanol–water partition coefficient (Wildman–Crippen LogP) is 4.82. The van der Waals surface area contributed by atoms with Gasteiger partial charge in [-0.3, -0.25) is 15.6 Å². The molecule has 0 aliphatic heterocycles. The number of thiophene rings is 1. The number of carbonyl (C=O) groups is 2. The summed E-state index contributed by atoms with van der Waals surface area (Å²) in [6.45, 7) is 10.5. The Bertz CT molecular complexity index is 1020. The SMILES string of the molecule is CCc1c(C)sc(NC(=S)NNC(=O)[C@@H]2C[C@@H]2c2ccc(C(C)(C)C)cc2)c1C(=O)OC. The molecule has 1 heterocycles. The Morgan fingerprint density at radius 2 is 1.84 bits per heavy atom. The summed E-state index contributed by atoms with van der Waals surface area (Å²) in [5.41, 5.74) is 9.46. The Morgan fingerprint density at radius 3 is 2.41 bits per heavy atom. The normalized spacial score (nSPS) is 17.4. The number of benzene rings is 1. The Kier molecular flexibility index (Phi) is 7.25. The molecule has 1 aromatic heterocycles. The molecule has 2 atom stereocenters. The first-order chi connectivity index (χ1) is 15.1. The van der Waals surface area contributed by atoms with Crippen LogP contribution in [-0.2, 0) is 21.4 Å². The van der Waals surface area contributed by atoms with Crippen molar-refractivity contribution >= 4 is 45.5 Å². The molecule has 0 radical (unpaired) electrons. The summed E-state index contributed by atoms with van der Waals surface area (Å²) in [5.74, 6) is -0.347. The highest BCUT2D eigenvalue weighted by molar-refractivity contribution is 7.80. The lowest BCUT2D eigenvalue weighted by atomic mass is 9.86. The van der Waals surface area contributed by atoms with Crippen molar-refractivity contribution in [2.24, 2.45) is 5.92 Å². The number of methoxy groups -OCH3 is 1. The van der Waals surface area contributed by atoms with E-state index in [1.807, 2.05) is 13.8 Å². The van der Waals surface area contributed by atoms with Crippen LogP contribution < -0.4 is 16.2 Å². The van der Waals surface area contributed by atoms with E-state index in [2.05, 4.69) is 61.2 Å². The van der Waals surface area contributed by atoms with Crippen molar-refractivity contribution in [3.05, 3.63) is 51.4 Å². The van der Waals surface area contributed by atoms with E-state index in [4.69, 9.17) is 17.0 Å². The number of hydrogen-bond donors (Lipinski definition) is 3. The number of esters is 1. The van der Waals surface area contributed by atoms with Gasteiger partial charge in [0.05, 0.1) is 12.7 Å². The van der Waals surface area contributed by atoms with Crippen LogP contribution in [-0.4, -0.2) is 24.1 Å². The zero-order valence-electron chi connectivity index (χ0n) is 19.4. The zero-order chi connectivity index (χ0) is 23.6. The zero-order valence-corrected chi connectivity index (χ0v) is 21.1. The number of hydrogen-bond acceptors (Lipinski definition) is 5. The first-order valence-electron chi connectivity index (χ1n) is 10.7. The van der Waals surface area contributed by atoms with E-state index in [9.17, 15) is 9.59 Å². The molecule has 2 aromatic rings. The number of nitrogens with one attached hydrogen (secondary N) is 3. The van der Waals surface area contributed by atoms with E-state index in [-0.39, 0.29) is 28.3 Å². The summed E-state index contributed by atoms with van der Waals surface area (Å²) in [6, 6.07) is 8.53. The average molecular weight is 474 g/mol. The molecular weight excluding hydrogens is 442 g/mol. The number of ether oxygens (including phenoxy) is 1. The third-order valence-electron chi connectivity index (χ3n) is 5.81. The molecule has 8 heteroatoms. The summed E-state index contributed by atoms with van der Waals surface area (Å²) in [6.07, 6.45) is 1.53. The molecule has 0 spiro atoms. The number of thiocarbonyl (C=S) groups is 1. The maximum absolute atomic E-state index is 12.6. The summed E-state index contributed by atoms with van der Waals surface area (Å²) in [5, 5.41) is 3.86. The van der Waals surface area contributed by atoms with Gasteiger partial charge in [0.2, 0.25) is 5.91 Å². The van der Waals surface area contributed by atoms with Crippen LogP contribution in [0.4, 0.5) is 5.00 Å². The van der Waals surface area contributed by atoms with E-state index < -0.39 is 5.97 Å². The van der Waals surface area contributed by atoms with Gasteiger partial charge in [-0.15, -0.1) is 11.3 Å². The molecule has 172 valence electrons. The summed E-state index contributed by atoms with van der Waals surface area (Å²) >= 11 is 6.76. The molecule has 1 amide bonds. The number of carbonyl (C=O) groups excluding carboxylic acids is 2. The van der Waals surface area contributed by atoms with Gasteiger partial charge < -0.3 is 10.1 Å². The molecule has 6 nitrogen and oxygen atoms in total. The molecule has 3 rings (SSSR count). The average Bonchev–Trinajstić information content (AvgIpc) is 3.49. The smallest absolute Gasteiger partial charge is 0.341 e. The molecule has 1 saturated carbocycles. The second-order valence-electron chi connectivity index (χ2n) is 9.08. The van der Waals surface area contributed by atoms with Gasteiger partial charge in [-0.1, -0.05) is 52.0 Å². The van der Waals surface area contributed by atoms with Crippen LogP contribution in [0.2, 0.25) is 0 Å². The summed E-state index contributed by atoms with van der Waals surface area (Å²) in [7, 11) is 1.36. The van der Waals surface area contributed by atoms with Crippen molar-refractivity contribution in [1.29, 1.82) is 0 Å². The van der Waals surface area contributed by atoms with Gasteiger partial charge in [0.1, 0.15) is 5.00 Å². The van der Waals surface area contributed by atoms with Gasteiger partial charge in [-0.25, -0.2) is 4.79 Å². The van der Waals surface area contributed by atoms with E-state index in [0.29, 0.717) is 17.0 Å². The van der Waals surface area contributed by atoms with Crippen molar-refractivity contribution in [1.82, 2.24) is 10.9 Å². The fraction of sp³-hybridized carbons (Fsp3) is 0.458. The quantitative estimate of drug-likeness (QED) is 0.328. The van der Waals surface area contributed by atoms with Crippen LogP contribution in [0.3, 0.4) is 0 Å². The van der Waals surface area contributed by atoms with Crippen LogP contribution in [0, 0.1) is 12.8 Å². The maximum Gasteiger partial charge on any atom is 0.341 e. The van der Waals surface area contributed by atoms with E-state index in [1.165, 1.54) is 29.6 Å². The molecule has 1 aliphatic rings. The minimum Gasteiger partial charge on any atom is -0.465 e. The standard InChI is InChI=1S/C24H31N3O3S2/c1-7-16-13(2)32-21(19(16)22(29)30-6)25-23(31)27-26-20(28)18-12-17(18)14-8-10-15(11-9-14)24(3,4)5/h8-11,17-18H,7,12H2,1-6H3,(H,26,28)(H2,25,27,31)/t17-,18-/m1/s1. The van der Waals surface area contributed by atoms with Crippen molar-refractivity contribution < 1.29 is 14.3 Å². The number of rotatable bonds is 5. The Morgan fingerprint density at radius 1 is 1.19 bits per heavy atom.